The van der Waals surface area contributed by atoms with Crippen LogP contribution in [0.15, 0.2) is 18.3 Å². The summed E-state index contributed by atoms with van der Waals surface area (Å²) in [6.45, 7) is 3.25. The van der Waals surface area contributed by atoms with Gasteiger partial charge in [-0.05, 0) is 37.8 Å². The maximum atomic E-state index is 5.37. The van der Waals surface area contributed by atoms with Crippen molar-refractivity contribution in [3.63, 3.8) is 0 Å². The minimum atomic E-state index is 0.410. The quantitative estimate of drug-likeness (QED) is 0.821. The molecular formula is C14H22N2O. The van der Waals surface area contributed by atoms with Crippen molar-refractivity contribution in [2.24, 2.45) is 5.92 Å². The summed E-state index contributed by atoms with van der Waals surface area (Å²) in [5.41, 5.74) is 1.22. The average molecular weight is 234 g/mol. The molecule has 17 heavy (non-hydrogen) atoms. The highest BCUT2D eigenvalue weighted by Gasteiger charge is 2.30. The van der Waals surface area contributed by atoms with E-state index < -0.39 is 0 Å². The first-order valence-corrected chi connectivity index (χ1v) is 6.59. The van der Waals surface area contributed by atoms with Crippen molar-refractivity contribution in [2.75, 3.05) is 13.7 Å². The van der Waals surface area contributed by atoms with Crippen LogP contribution in [0.25, 0.3) is 0 Å². The molecule has 0 amide bonds. The van der Waals surface area contributed by atoms with Crippen molar-refractivity contribution in [1.29, 1.82) is 0 Å². The molecule has 0 spiro atoms. The zero-order chi connectivity index (χ0) is 12.1. The van der Waals surface area contributed by atoms with Crippen LogP contribution in [0.4, 0.5) is 0 Å². The van der Waals surface area contributed by atoms with Gasteiger partial charge in [0.1, 0.15) is 0 Å². The summed E-state index contributed by atoms with van der Waals surface area (Å²) in [5.74, 6) is 1.52. The molecule has 1 aliphatic carbocycles. The third-order valence-electron chi connectivity index (χ3n) is 3.56. The zero-order valence-corrected chi connectivity index (χ0v) is 10.8. The molecule has 1 fully saturated rings. The molecule has 0 bridgehead atoms. The number of methoxy groups -OCH3 is 1. The minimum Gasteiger partial charge on any atom is -0.481 e. The Morgan fingerprint density at radius 2 is 2.35 bits per heavy atom. The van der Waals surface area contributed by atoms with E-state index >= 15 is 0 Å². The van der Waals surface area contributed by atoms with Crippen molar-refractivity contribution in [1.82, 2.24) is 10.3 Å². The number of pyridine rings is 1. The number of hydrogen-bond donors (Lipinski definition) is 1. The van der Waals surface area contributed by atoms with E-state index in [0.29, 0.717) is 6.04 Å². The van der Waals surface area contributed by atoms with Gasteiger partial charge in [-0.25, -0.2) is 4.98 Å². The number of nitrogens with zero attached hydrogens (tertiary/aromatic N) is 1. The Kier molecular flexibility index (Phi) is 4.37. The van der Waals surface area contributed by atoms with E-state index in [4.69, 9.17) is 4.74 Å². The Hall–Kier alpha value is -1.09. The van der Waals surface area contributed by atoms with E-state index in [2.05, 4.69) is 23.3 Å². The van der Waals surface area contributed by atoms with Gasteiger partial charge < -0.3 is 10.1 Å². The normalized spacial score (nSPS) is 17.5. The van der Waals surface area contributed by atoms with Crippen LogP contribution in [-0.4, -0.2) is 18.6 Å². The molecule has 3 nitrogen and oxygen atoms in total. The second-order valence-electron chi connectivity index (χ2n) is 4.72. The van der Waals surface area contributed by atoms with Crippen LogP contribution in [0.2, 0.25) is 0 Å². The third kappa shape index (κ3) is 2.78. The zero-order valence-electron chi connectivity index (χ0n) is 10.8. The Morgan fingerprint density at radius 1 is 1.53 bits per heavy atom. The van der Waals surface area contributed by atoms with Gasteiger partial charge in [-0.1, -0.05) is 19.4 Å². The summed E-state index contributed by atoms with van der Waals surface area (Å²) in [4.78, 5) is 4.30. The van der Waals surface area contributed by atoms with Gasteiger partial charge in [0, 0.05) is 17.8 Å². The topological polar surface area (TPSA) is 34.2 Å². The highest BCUT2D eigenvalue weighted by molar-refractivity contribution is 5.30. The molecule has 1 unspecified atom stereocenters. The number of rotatable bonds is 6. The smallest absolute Gasteiger partial charge is 0.217 e. The Bertz CT molecular complexity index is 350. The van der Waals surface area contributed by atoms with Crippen molar-refractivity contribution in [2.45, 2.75) is 38.6 Å². The van der Waals surface area contributed by atoms with Crippen molar-refractivity contribution >= 4 is 0 Å². The molecule has 94 valence electrons. The lowest BCUT2D eigenvalue weighted by atomic mass is 9.77. The summed E-state index contributed by atoms with van der Waals surface area (Å²) in [6, 6.07) is 4.54. The van der Waals surface area contributed by atoms with Gasteiger partial charge in [-0.3, -0.25) is 0 Å². The molecule has 1 aromatic heterocycles. The maximum absolute atomic E-state index is 5.37. The molecule has 1 aliphatic rings. The summed E-state index contributed by atoms with van der Waals surface area (Å²) in [7, 11) is 1.70. The fraction of sp³-hybridized carbons (Fsp3) is 0.643. The van der Waals surface area contributed by atoms with E-state index in [0.717, 1.165) is 24.8 Å². The lowest BCUT2D eigenvalue weighted by Gasteiger charge is -2.35. The Balaban J connectivity index is 2.17. The highest BCUT2D eigenvalue weighted by Crippen LogP contribution is 2.39. The van der Waals surface area contributed by atoms with E-state index in [1.807, 2.05) is 6.07 Å². The molecule has 0 radical (unpaired) electrons. The van der Waals surface area contributed by atoms with Crippen molar-refractivity contribution in [3.05, 3.63) is 23.9 Å². The lowest BCUT2D eigenvalue weighted by Crippen LogP contribution is -2.33. The SMILES string of the molecule is CCCNC(c1cccnc1OC)C1CCC1. The standard InChI is InChI=1S/C14H22N2O/c1-3-9-15-13(11-6-4-7-11)12-8-5-10-16-14(12)17-2/h5,8,10-11,13,15H,3-4,6-7,9H2,1-2H3. The van der Waals surface area contributed by atoms with E-state index in [1.165, 1.54) is 24.8 Å². The van der Waals surface area contributed by atoms with Crippen LogP contribution >= 0.6 is 0 Å². The van der Waals surface area contributed by atoms with E-state index in [-0.39, 0.29) is 0 Å². The van der Waals surface area contributed by atoms with Gasteiger partial charge in [0.25, 0.3) is 0 Å². The molecule has 0 aromatic carbocycles. The van der Waals surface area contributed by atoms with Crippen LogP contribution in [0.5, 0.6) is 5.88 Å². The maximum Gasteiger partial charge on any atom is 0.217 e. The molecular weight excluding hydrogens is 212 g/mol. The van der Waals surface area contributed by atoms with Crippen LogP contribution in [0.1, 0.15) is 44.2 Å². The predicted molar refractivity (Wildman–Crippen MR) is 69.2 cm³/mol. The van der Waals surface area contributed by atoms with Gasteiger partial charge in [-0.15, -0.1) is 0 Å². The fourth-order valence-corrected chi connectivity index (χ4v) is 2.41. The summed E-state index contributed by atoms with van der Waals surface area (Å²) >= 11 is 0. The molecule has 0 saturated heterocycles. The van der Waals surface area contributed by atoms with Crippen LogP contribution in [0.3, 0.4) is 0 Å². The second kappa shape index (κ2) is 6.01. The fourth-order valence-electron chi connectivity index (χ4n) is 2.41. The molecule has 1 saturated carbocycles. The van der Waals surface area contributed by atoms with E-state index in [9.17, 15) is 0 Å². The van der Waals surface area contributed by atoms with Crippen molar-refractivity contribution in [3.8, 4) is 5.88 Å². The molecule has 0 aliphatic heterocycles. The minimum absolute atomic E-state index is 0.410. The van der Waals surface area contributed by atoms with Gasteiger partial charge in [0.2, 0.25) is 5.88 Å². The van der Waals surface area contributed by atoms with Gasteiger partial charge in [-0.2, -0.15) is 0 Å². The molecule has 1 heterocycles. The number of ether oxygens (including phenoxy) is 1. The van der Waals surface area contributed by atoms with Crippen molar-refractivity contribution < 1.29 is 4.74 Å². The highest BCUT2D eigenvalue weighted by atomic mass is 16.5. The molecule has 1 aromatic rings. The Labute approximate surface area is 104 Å². The first-order valence-electron chi connectivity index (χ1n) is 6.59. The van der Waals surface area contributed by atoms with Gasteiger partial charge in [0.15, 0.2) is 0 Å². The largest absolute Gasteiger partial charge is 0.481 e. The monoisotopic (exact) mass is 234 g/mol. The summed E-state index contributed by atoms with van der Waals surface area (Å²) in [6.07, 6.45) is 6.95. The van der Waals surface area contributed by atoms with Crippen LogP contribution in [-0.2, 0) is 0 Å². The first kappa shape index (κ1) is 12.4. The van der Waals surface area contributed by atoms with Gasteiger partial charge in [0.05, 0.1) is 7.11 Å². The Morgan fingerprint density at radius 3 is 2.94 bits per heavy atom. The molecule has 1 atom stereocenters. The van der Waals surface area contributed by atoms with Gasteiger partial charge >= 0.3 is 0 Å². The van der Waals surface area contributed by atoms with E-state index in [1.54, 1.807) is 13.3 Å². The summed E-state index contributed by atoms with van der Waals surface area (Å²) < 4.78 is 5.37. The second-order valence-corrected chi connectivity index (χ2v) is 4.72. The number of aromatic nitrogens is 1. The first-order chi connectivity index (χ1) is 8.36. The third-order valence-corrected chi connectivity index (χ3v) is 3.56. The predicted octanol–water partition coefficient (Wildman–Crippen LogP) is 2.93. The van der Waals surface area contributed by atoms with Crippen LogP contribution < -0.4 is 10.1 Å². The van der Waals surface area contributed by atoms with Crippen LogP contribution in [0, 0.1) is 5.92 Å². The molecule has 1 N–H and O–H groups in total. The number of hydrogen-bond acceptors (Lipinski definition) is 3. The lowest BCUT2D eigenvalue weighted by molar-refractivity contribution is 0.226. The average Bonchev–Trinajstić information content (AvgIpc) is 2.32. The number of nitrogens with one attached hydrogen (secondary N) is 1. The summed E-state index contributed by atoms with van der Waals surface area (Å²) in [5, 5.41) is 3.64. The molecule has 3 heteroatoms. The molecule has 2 rings (SSSR count).